The second-order valence-electron chi connectivity index (χ2n) is 6.04. The van der Waals surface area contributed by atoms with Crippen LogP contribution in [0, 0.1) is 24.2 Å². The highest BCUT2D eigenvalue weighted by atomic mass is 16.4. The average molecular weight is 313 g/mol. The van der Waals surface area contributed by atoms with E-state index in [-0.39, 0.29) is 11.9 Å². The van der Waals surface area contributed by atoms with Crippen molar-refractivity contribution in [2.24, 2.45) is 13.0 Å². The van der Waals surface area contributed by atoms with E-state index in [9.17, 15) is 4.79 Å². The Morgan fingerprint density at radius 2 is 2.30 bits per heavy atom. The van der Waals surface area contributed by atoms with Crippen molar-refractivity contribution < 1.29 is 9.21 Å². The summed E-state index contributed by atoms with van der Waals surface area (Å²) in [6.45, 7) is 1.78. The number of hydrogen-bond donors (Lipinski definition) is 1. The average Bonchev–Trinajstić information content (AvgIpc) is 3.21. The molecule has 0 bridgehead atoms. The van der Waals surface area contributed by atoms with Crippen LogP contribution in [-0.2, 0) is 13.5 Å². The Bertz CT molecular complexity index is 755. The summed E-state index contributed by atoms with van der Waals surface area (Å²) in [5.41, 5.74) is 0.990. The predicted octanol–water partition coefficient (Wildman–Crippen LogP) is 1.73. The lowest BCUT2D eigenvalue weighted by Crippen LogP contribution is -2.34. The van der Waals surface area contributed by atoms with Crippen LogP contribution in [0.3, 0.4) is 0 Å². The maximum Gasteiger partial charge on any atom is 0.268 e. The Kier molecular flexibility index (Phi) is 4.15. The van der Waals surface area contributed by atoms with Gasteiger partial charge in [0.25, 0.3) is 5.91 Å². The molecule has 7 heteroatoms. The first-order chi connectivity index (χ1) is 11.1. The van der Waals surface area contributed by atoms with Gasteiger partial charge in [-0.25, -0.2) is 0 Å². The van der Waals surface area contributed by atoms with E-state index in [1.807, 2.05) is 0 Å². The SMILES string of the molecule is Cc1nnc(C[C@@H]2CC[C@H](NC(=O)c3ccc(C#N)n3C)C2)o1. The van der Waals surface area contributed by atoms with E-state index < -0.39 is 0 Å². The van der Waals surface area contributed by atoms with Crippen LogP contribution >= 0.6 is 0 Å². The van der Waals surface area contributed by atoms with E-state index in [1.165, 1.54) is 0 Å². The Morgan fingerprint density at radius 3 is 2.96 bits per heavy atom. The van der Waals surface area contributed by atoms with E-state index in [0.29, 0.717) is 29.1 Å². The van der Waals surface area contributed by atoms with E-state index >= 15 is 0 Å². The Labute approximate surface area is 134 Å². The van der Waals surface area contributed by atoms with Crippen molar-refractivity contribution >= 4 is 5.91 Å². The lowest BCUT2D eigenvalue weighted by atomic mass is 10.0. The Balaban J connectivity index is 1.56. The molecule has 0 spiro atoms. The molecule has 1 saturated carbocycles. The van der Waals surface area contributed by atoms with E-state index in [1.54, 1.807) is 30.7 Å². The number of carbonyl (C=O) groups is 1. The molecule has 1 amide bonds. The summed E-state index contributed by atoms with van der Waals surface area (Å²) in [5, 5.41) is 19.9. The summed E-state index contributed by atoms with van der Waals surface area (Å²) in [6.07, 6.45) is 3.64. The van der Waals surface area contributed by atoms with Gasteiger partial charge in [0.1, 0.15) is 17.5 Å². The standard InChI is InChI=1S/C16H19N5O2/c1-10-19-20-15(23-10)8-11-3-4-12(7-11)18-16(22)14-6-5-13(9-17)21(14)2/h5-6,11-12H,3-4,7-8H2,1-2H3,(H,18,22)/t11-,12+/m1/s1. The molecule has 0 aromatic carbocycles. The number of hydrogen-bond acceptors (Lipinski definition) is 5. The number of nitrogens with zero attached hydrogens (tertiary/aromatic N) is 4. The van der Waals surface area contributed by atoms with Gasteiger partial charge in [-0.05, 0) is 37.3 Å². The van der Waals surface area contributed by atoms with Crippen LogP contribution in [0.1, 0.15) is 47.2 Å². The highest BCUT2D eigenvalue weighted by Gasteiger charge is 2.28. The number of rotatable bonds is 4. The molecule has 120 valence electrons. The van der Waals surface area contributed by atoms with Gasteiger partial charge in [-0.15, -0.1) is 10.2 Å². The van der Waals surface area contributed by atoms with Gasteiger partial charge in [-0.2, -0.15) is 5.26 Å². The van der Waals surface area contributed by atoms with Crippen LogP contribution in [0.5, 0.6) is 0 Å². The molecule has 2 aromatic heterocycles. The molecule has 1 aliphatic carbocycles. The highest BCUT2D eigenvalue weighted by molar-refractivity contribution is 5.93. The summed E-state index contributed by atoms with van der Waals surface area (Å²) in [7, 11) is 1.73. The maximum absolute atomic E-state index is 12.3. The molecule has 0 unspecified atom stereocenters. The summed E-state index contributed by atoms with van der Waals surface area (Å²) in [5.74, 6) is 1.57. The molecule has 0 saturated heterocycles. The summed E-state index contributed by atoms with van der Waals surface area (Å²) in [4.78, 5) is 12.3. The molecular formula is C16H19N5O2. The van der Waals surface area contributed by atoms with Crippen molar-refractivity contribution in [1.82, 2.24) is 20.1 Å². The van der Waals surface area contributed by atoms with Crippen molar-refractivity contribution in [2.45, 2.75) is 38.6 Å². The first-order valence-corrected chi connectivity index (χ1v) is 7.72. The van der Waals surface area contributed by atoms with Crippen LogP contribution in [0.25, 0.3) is 0 Å². The zero-order chi connectivity index (χ0) is 16.4. The second kappa shape index (κ2) is 6.24. The van der Waals surface area contributed by atoms with Crippen LogP contribution in [0.2, 0.25) is 0 Å². The fourth-order valence-corrected chi connectivity index (χ4v) is 3.17. The number of nitrogens with one attached hydrogen (secondary N) is 1. The largest absolute Gasteiger partial charge is 0.426 e. The van der Waals surface area contributed by atoms with Gasteiger partial charge in [-0.3, -0.25) is 4.79 Å². The summed E-state index contributed by atoms with van der Waals surface area (Å²) in [6, 6.07) is 5.55. The number of carbonyl (C=O) groups excluding carboxylic acids is 1. The molecule has 2 aromatic rings. The number of aromatic nitrogens is 3. The zero-order valence-electron chi connectivity index (χ0n) is 13.2. The van der Waals surface area contributed by atoms with Gasteiger partial charge < -0.3 is 14.3 Å². The molecule has 3 rings (SSSR count). The molecule has 1 N–H and O–H groups in total. The minimum atomic E-state index is -0.131. The monoisotopic (exact) mass is 313 g/mol. The van der Waals surface area contributed by atoms with Crippen LogP contribution in [0.4, 0.5) is 0 Å². The van der Waals surface area contributed by atoms with Gasteiger partial charge in [-0.1, -0.05) is 0 Å². The minimum absolute atomic E-state index is 0.131. The molecule has 7 nitrogen and oxygen atoms in total. The van der Waals surface area contributed by atoms with Gasteiger partial charge in [0.2, 0.25) is 11.8 Å². The van der Waals surface area contributed by atoms with E-state index in [4.69, 9.17) is 9.68 Å². The van der Waals surface area contributed by atoms with Gasteiger partial charge >= 0.3 is 0 Å². The minimum Gasteiger partial charge on any atom is -0.426 e. The molecule has 2 heterocycles. The molecular weight excluding hydrogens is 294 g/mol. The van der Waals surface area contributed by atoms with Gasteiger partial charge in [0, 0.05) is 26.4 Å². The van der Waals surface area contributed by atoms with Crippen molar-refractivity contribution in [3.05, 3.63) is 35.3 Å². The Hall–Kier alpha value is -2.62. The van der Waals surface area contributed by atoms with E-state index in [2.05, 4.69) is 21.6 Å². The molecule has 1 fully saturated rings. The Morgan fingerprint density at radius 1 is 1.48 bits per heavy atom. The normalized spacial score (nSPS) is 20.4. The third kappa shape index (κ3) is 3.26. The fourth-order valence-electron chi connectivity index (χ4n) is 3.17. The third-order valence-corrected chi connectivity index (χ3v) is 4.38. The quantitative estimate of drug-likeness (QED) is 0.927. The smallest absolute Gasteiger partial charge is 0.268 e. The number of nitriles is 1. The first kappa shape index (κ1) is 15.3. The molecule has 0 aliphatic heterocycles. The molecule has 0 radical (unpaired) electrons. The number of aryl methyl sites for hydroxylation is 1. The van der Waals surface area contributed by atoms with Crippen LogP contribution in [0.15, 0.2) is 16.5 Å². The van der Waals surface area contributed by atoms with Crippen molar-refractivity contribution in [1.29, 1.82) is 5.26 Å². The summed E-state index contributed by atoms with van der Waals surface area (Å²) >= 11 is 0. The zero-order valence-corrected chi connectivity index (χ0v) is 13.2. The fraction of sp³-hybridized carbons (Fsp3) is 0.500. The maximum atomic E-state index is 12.3. The van der Waals surface area contributed by atoms with Crippen molar-refractivity contribution in [2.75, 3.05) is 0 Å². The predicted molar refractivity (Wildman–Crippen MR) is 81.5 cm³/mol. The van der Waals surface area contributed by atoms with Crippen LogP contribution < -0.4 is 5.32 Å². The van der Waals surface area contributed by atoms with Crippen molar-refractivity contribution in [3.63, 3.8) is 0 Å². The lowest BCUT2D eigenvalue weighted by Gasteiger charge is -2.13. The molecule has 2 atom stereocenters. The molecule has 23 heavy (non-hydrogen) atoms. The lowest BCUT2D eigenvalue weighted by molar-refractivity contribution is 0.0929. The number of amides is 1. The van der Waals surface area contributed by atoms with Gasteiger partial charge in [0.15, 0.2) is 0 Å². The van der Waals surface area contributed by atoms with Gasteiger partial charge in [0.05, 0.1) is 0 Å². The third-order valence-electron chi connectivity index (χ3n) is 4.38. The topological polar surface area (TPSA) is 96.7 Å². The second-order valence-corrected chi connectivity index (χ2v) is 6.04. The molecule has 1 aliphatic rings. The van der Waals surface area contributed by atoms with E-state index in [0.717, 1.165) is 25.7 Å². The van der Waals surface area contributed by atoms with Crippen molar-refractivity contribution in [3.8, 4) is 6.07 Å². The van der Waals surface area contributed by atoms with Crippen LogP contribution in [-0.4, -0.2) is 26.7 Å². The first-order valence-electron chi connectivity index (χ1n) is 7.72. The summed E-state index contributed by atoms with van der Waals surface area (Å²) < 4.78 is 7.03. The highest BCUT2D eigenvalue weighted by Crippen LogP contribution is 2.28.